The third-order valence-electron chi connectivity index (χ3n) is 5.11. The summed E-state index contributed by atoms with van der Waals surface area (Å²) in [5.74, 6) is 0.336. The molecule has 1 aromatic rings. The summed E-state index contributed by atoms with van der Waals surface area (Å²) in [6.45, 7) is 5.55. The van der Waals surface area contributed by atoms with Crippen LogP contribution in [-0.2, 0) is 9.53 Å². The Bertz CT molecular complexity index is 642. The Hall–Kier alpha value is -1.92. The van der Waals surface area contributed by atoms with Crippen molar-refractivity contribution >= 4 is 11.9 Å². The fraction of sp³-hybridized carbons (Fsp3) is 0.810. The van der Waals surface area contributed by atoms with E-state index in [0.717, 1.165) is 25.2 Å². The van der Waals surface area contributed by atoms with Gasteiger partial charge in [-0.05, 0) is 33.1 Å². The minimum atomic E-state index is -0.537. The first-order chi connectivity index (χ1) is 13.2. The van der Waals surface area contributed by atoms with E-state index >= 15 is 0 Å². The zero-order valence-electron chi connectivity index (χ0n) is 18.0. The van der Waals surface area contributed by atoms with Crippen molar-refractivity contribution in [3.8, 4) is 0 Å². The molecule has 7 nitrogen and oxygen atoms in total. The Labute approximate surface area is 168 Å². The van der Waals surface area contributed by atoms with E-state index in [1.54, 1.807) is 14.1 Å². The average Bonchev–Trinajstić information content (AvgIpc) is 3.09. The minimum absolute atomic E-state index is 0.0291. The van der Waals surface area contributed by atoms with Crippen molar-refractivity contribution in [2.45, 2.75) is 90.1 Å². The van der Waals surface area contributed by atoms with Gasteiger partial charge in [0.2, 0.25) is 5.89 Å². The third kappa shape index (κ3) is 7.24. The van der Waals surface area contributed by atoms with Crippen molar-refractivity contribution in [1.82, 2.24) is 15.0 Å². The Morgan fingerprint density at radius 1 is 1.21 bits per heavy atom. The SMILES string of the molecule is CN(C)C(=O)c1noc([C@H](CCCC2CCCCC2)CC(=O)OC(C)(C)C)n1. The summed E-state index contributed by atoms with van der Waals surface area (Å²) < 4.78 is 10.8. The van der Waals surface area contributed by atoms with Crippen LogP contribution < -0.4 is 0 Å². The van der Waals surface area contributed by atoms with Gasteiger partial charge in [0.15, 0.2) is 0 Å². The highest BCUT2D eigenvalue weighted by Gasteiger charge is 2.27. The highest BCUT2D eigenvalue weighted by molar-refractivity contribution is 5.89. The number of esters is 1. The van der Waals surface area contributed by atoms with E-state index in [4.69, 9.17) is 9.26 Å². The van der Waals surface area contributed by atoms with E-state index in [1.165, 1.54) is 37.0 Å². The lowest BCUT2D eigenvalue weighted by Crippen LogP contribution is -2.25. The topological polar surface area (TPSA) is 85.5 Å². The molecule has 0 spiro atoms. The van der Waals surface area contributed by atoms with Crippen molar-refractivity contribution in [1.29, 1.82) is 0 Å². The molecule has 7 heteroatoms. The lowest BCUT2D eigenvalue weighted by molar-refractivity contribution is -0.155. The zero-order valence-corrected chi connectivity index (χ0v) is 18.0. The van der Waals surface area contributed by atoms with Crippen LogP contribution in [0.15, 0.2) is 4.52 Å². The van der Waals surface area contributed by atoms with Crippen molar-refractivity contribution in [2.24, 2.45) is 5.92 Å². The Morgan fingerprint density at radius 3 is 2.50 bits per heavy atom. The van der Waals surface area contributed by atoms with Gasteiger partial charge in [-0.3, -0.25) is 9.59 Å². The number of nitrogens with zero attached hydrogens (tertiary/aromatic N) is 3. The molecule has 1 aliphatic carbocycles. The van der Waals surface area contributed by atoms with Gasteiger partial charge in [0.05, 0.1) is 6.42 Å². The van der Waals surface area contributed by atoms with Gasteiger partial charge in [-0.15, -0.1) is 0 Å². The predicted octanol–water partition coefficient (Wildman–Crippen LogP) is 4.34. The van der Waals surface area contributed by atoms with Gasteiger partial charge in [-0.1, -0.05) is 50.1 Å². The van der Waals surface area contributed by atoms with Crippen molar-refractivity contribution in [3.63, 3.8) is 0 Å². The molecule has 158 valence electrons. The Balaban J connectivity index is 2.02. The van der Waals surface area contributed by atoms with E-state index < -0.39 is 5.60 Å². The molecule has 0 saturated heterocycles. The molecule has 0 radical (unpaired) electrons. The maximum Gasteiger partial charge on any atom is 0.307 e. The molecular formula is C21H35N3O4. The van der Waals surface area contributed by atoms with Gasteiger partial charge < -0.3 is 14.2 Å². The standard InChI is InChI=1S/C21H35N3O4/c1-21(2,3)27-17(25)14-16(13-9-12-15-10-7-6-8-11-15)19-22-18(23-28-19)20(26)24(4)5/h15-16H,6-14H2,1-5H3/t16-/m1/s1. The molecule has 2 rings (SSSR count). The van der Waals surface area contributed by atoms with Gasteiger partial charge in [0.25, 0.3) is 11.7 Å². The smallest absolute Gasteiger partial charge is 0.307 e. The van der Waals surface area contributed by atoms with Gasteiger partial charge in [0, 0.05) is 20.0 Å². The lowest BCUT2D eigenvalue weighted by atomic mass is 9.84. The summed E-state index contributed by atoms with van der Waals surface area (Å²) in [5.41, 5.74) is -0.537. The molecule has 0 bridgehead atoms. The number of aromatic nitrogens is 2. The van der Waals surface area contributed by atoms with Crippen molar-refractivity contribution in [3.05, 3.63) is 11.7 Å². The van der Waals surface area contributed by atoms with Gasteiger partial charge in [-0.25, -0.2) is 0 Å². The summed E-state index contributed by atoms with van der Waals surface area (Å²) in [4.78, 5) is 30.1. The highest BCUT2D eigenvalue weighted by Crippen LogP contribution is 2.31. The molecular weight excluding hydrogens is 358 g/mol. The lowest BCUT2D eigenvalue weighted by Gasteiger charge is -2.23. The molecule has 1 fully saturated rings. The van der Waals surface area contributed by atoms with Crippen LogP contribution in [-0.4, -0.2) is 46.6 Å². The first-order valence-corrected chi connectivity index (χ1v) is 10.4. The van der Waals surface area contributed by atoms with E-state index in [1.807, 2.05) is 20.8 Å². The number of ether oxygens (including phenoxy) is 1. The molecule has 1 atom stereocenters. The maximum absolute atomic E-state index is 12.4. The first kappa shape index (κ1) is 22.4. The maximum atomic E-state index is 12.4. The van der Waals surface area contributed by atoms with Crippen LogP contribution in [0.4, 0.5) is 0 Å². The van der Waals surface area contributed by atoms with Crippen LogP contribution in [0.2, 0.25) is 0 Å². The molecule has 1 amide bonds. The first-order valence-electron chi connectivity index (χ1n) is 10.4. The molecule has 1 aromatic heterocycles. The Kier molecular flexibility index (Phi) is 8.01. The molecule has 0 unspecified atom stereocenters. The average molecular weight is 394 g/mol. The number of rotatable bonds is 8. The van der Waals surface area contributed by atoms with Gasteiger partial charge >= 0.3 is 5.97 Å². The van der Waals surface area contributed by atoms with Gasteiger partial charge in [0.1, 0.15) is 5.60 Å². The van der Waals surface area contributed by atoms with Crippen molar-refractivity contribution < 1.29 is 18.8 Å². The molecule has 0 N–H and O–H groups in total. The highest BCUT2D eigenvalue weighted by atomic mass is 16.6. The minimum Gasteiger partial charge on any atom is -0.460 e. The number of carbonyl (C=O) groups excluding carboxylic acids is 2. The zero-order chi connectivity index (χ0) is 20.7. The van der Waals surface area contributed by atoms with Crippen LogP contribution in [0, 0.1) is 5.92 Å². The molecule has 1 saturated carbocycles. The van der Waals surface area contributed by atoms with Crippen molar-refractivity contribution in [2.75, 3.05) is 14.1 Å². The van der Waals surface area contributed by atoms with E-state index in [0.29, 0.717) is 5.89 Å². The second-order valence-electron chi connectivity index (χ2n) is 9.08. The second kappa shape index (κ2) is 10.0. The molecule has 0 aromatic carbocycles. The van der Waals surface area contributed by atoms with Crippen LogP contribution in [0.5, 0.6) is 0 Å². The quantitative estimate of drug-likeness (QED) is 0.611. The van der Waals surface area contributed by atoms with Crippen LogP contribution >= 0.6 is 0 Å². The summed E-state index contributed by atoms with van der Waals surface area (Å²) in [6, 6.07) is 0. The number of carbonyl (C=O) groups is 2. The molecule has 0 aliphatic heterocycles. The van der Waals surface area contributed by atoms with Crippen LogP contribution in [0.25, 0.3) is 0 Å². The second-order valence-corrected chi connectivity index (χ2v) is 9.08. The fourth-order valence-electron chi connectivity index (χ4n) is 3.71. The normalized spacial score (nSPS) is 16.6. The summed E-state index contributed by atoms with van der Waals surface area (Å²) in [7, 11) is 3.28. The summed E-state index contributed by atoms with van der Waals surface area (Å²) >= 11 is 0. The molecule has 1 heterocycles. The molecule has 1 aliphatic rings. The monoisotopic (exact) mass is 393 g/mol. The molecule has 28 heavy (non-hydrogen) atoms. The third-order valence-corrected chi connectivity index (χ3v) is 5.11. The predicted molar refractivity (Wildman–Crippen MR) is 106 cm³/mol. The Morgan fingerprint density at radius 2 is 1.89 bits per heavy atom. The number of hydrogen-bond donors (Lipinski definition) is 0. The van der Waals surface area contributed by atoms with Crippen LogP contribution in [0.3, 0.4) is 0 Å². The van der Waals surface area contributed by atoms with Gasteiger partial charge in [-0.2, -0.15) is 4.98 Å². The van der Waals surface area contributed by atoms with Crippen LogP contribution in [0.1, 0.15) is 101 Å². The van der Waals surface area contributed by atoms with E-state index in [2.05, 4.69) is 10.1 Å². The summed E-state index contributed by atoms with van der Waals surface area (Å²) in [6.07, 6.45) is 9.71. The fourth-order valence-corrected chi connectivity index (χ4v) is 3.71. The largest absolute Gasteiger partial charge is 0.460 e. The number of amides is 1. The number of hydrogen-bond acceptors (Lipinski definition) is 6. The summed E-state index contributed by atoms with van der Waals surface area (Å²) in [5, 5.41) is 3.81. The van der Waals surface area contributed by atoms with E-state index in [-0.39, 0.29) is 30.0 Å². The van der Waals surface area contributed by atoms with E-state index in [9.17, 15) is 9.59 Å².